The molecule has 0 saturated heterocycles. The lowest BCUT2D eigenvalue weighted by Crippen LogP contribution is -2.31. The monoisotopic (exact) mass is 353 g/mol. The fraction of sp³-hybridized carbons (Fsp3) is 0.100. The summed E-state index contributed by atoms with van der Waals surface area (Å²) in [6.07, 6.45) is 1.57. The summed E-state index contributed by atoms with van der Waals surface area (Å²) in [4.78, 5) is 0.254. The molecule has 128 valence electrons. The van der Waals surface area contributed by atoms with Crippen LogP contribution in [0.15, 0.2) is 84.3 Å². The van der Waals surface area contributed by atoms with Gasteiger partial charge in [0, 0.05) is 0 Å². The largest absolute Gasteiger partial charge is 0.497 e. The molecule has 0 saturated carbocycles. The van der Waals surface area contributed by atoms with E-state index in [0.29, 0.717) is 11.4 Å². The molecular weight excluding hydrogens is 334 g/mol. The van der Waals surface area contributed by atoms with Crippen molar-refractivity contribution in [3.63, 3.8) is 0 Å². The minimum Gasteiger partial charge on any atom is -0.497 e. The van der Waals surface area contributed by atoms with Gasteiger partial charge in [0.2, 0.25) is 0 Å². The number of methoxy groups -OCH3 is 1. The Hall–Kier alpha value is -2.79. The smallest absolute Gasteiger partial charge is 0.264 e. The molecule has 0 amide bonds. The van der Waals surface area contributed by atoms with Crippen LogP contribution in [-0.2, 0) is 10.0 Å². The number of hydrogen-bond acceptors (Lipinski definition) is 3. The van der Waals surface area contributed by atoms with E-state index in [1.165, 1.54) is 4.31 Å². The SMILES string of the molecule is C=CCN(c1ccc(OC)cc1)S(=O)(=O)c1ccc2ccccc2c1. The van der Waals surface area contributed by atoms with E-state index < -0.39 is 10.0 Å². The van der Waals surface area contributed by atoms with Gasteiger partial charge in [0.05, 0.1) is 24.2 Å². The van der Waals surface area contributed by atoms with Crippen LogP contribution in [0.25, 0.3) is 10.8 Å². The molecule has 0 fully saturated rings. The summed E-state index contributed by atoms with van der Waals surface area (Å²) < 4.78 is 32.8. The Morgan fingerprint density at radius 2 is 1.68 bits per heavy atom. The lowest BCUT2D eigenvalue weighted by Gasteiger charge is -2.23. The third-order valence-electron chi connectivity index (χ3n) is 3.96. The second-order valence-corrected chi connectivity index (χ2v) is 7.39. The van der Waals surface area contributed by atoms with Crippen molar-refractivity contribution in [3.8, 4) is 5.75 Å². The molecule has 0 spiro atoms. The fourth-order valence-corrected chi connectivity index (χ4v) is 4.13. The number of fused-ring (bicyclic) bond motifs is 1. The number of nitrogens with zero attached hydrogens (tertiary/aromatic N) is 1. The molecule has 0 aliphatic heterocycles. The third-order valence-corrected chi connectivity index (χ3v) is 5.75. The van der Waals surface area contributed by atoms with Gasteiger partial charge in [-0.3, -0.25) is 4.31 Å². The van der Waals surface area contributed by atoms with Crippen LogP contribution < -0.4 is 9.04 Å². The molecule has 0 aromatic heterocycles. The molecule has 0 atom stereocenters. The minimum absolute atomic E-state index is 0.182. The van der Waals surface area contributed by atoms with Crippen molar-refractivity contribution in [1.82, 2.24) is 0 Å². The lowest BCUT2D eigenvalue weighted by molar-refractivity contribution is 0.415. The summed E-state index contributed by atoms with van der Waals surface area (Å²) in [7, 11) is -2.13. The zero-order valence-corrected chi connectivity index (χ0v) is 14.7. The van der Waals surface area contributed by atoms with Crippen LogP contribution in [0.4, 0.5) is 5.69 Å². The van der Waals surface area contributed by atoms with Crippen LogP contribution >= 0.6 is 0 Å². The highest BCUT2D eigenvalue weighted by Crippen LogP contribution is 2.27. The summed E-state index contributed by atoms with van der Waals surface area (Å²) in [6, 6.07) is 19.8. The van der Waals surface area contributed by atoms with Crippen molar-refractivity contribution in [3.05, 3.63) is 79.4 Å². The molecule has 3 aromatic rings. The van der Waals surface area contributed by atoms with Crippen LogP contribution in [0, 0.1) is 0 Å². The van der Waals surface area contributed by atoms with E-state index in [4.69, 9.17) is 4.74 Å². The zero-order valence-electron chi connectivity index (χ0n) is 13.9. The van der Waals surface area contributed by atoms with Crippen LogP contribution in [0.2, 0.25) is 0 Å². The maximum Gasteiger partial charge on any atom is 0.264 e. The van der Waals surface area contributed by atoms with Gasteiger partial charge in [0.25, 0.3) is 10.0 Å². The van der Waals surface area contributed by atoms with Gasteiger partial charge in [-0.15, -0.1) is 6.58 Å². The first kappa shape index (κ1) is 17.0. The molecule has 4 nitrogen and oxygen atoms in total. The first-order valence-electron chi connectivity index (χ1n) is 7.83. The molecule has 0 aliphatic rings. The van der Waals surface area contributed by atoms with Gasteiger partial charge in [-0.05, 0) is 47.2 Å². The van der Waals surface area contributed by atoms with E-state index in [9.17, 15) is 8.42 Å². The van der Waals surface area contributed by atoms with Gasteiger partial charge in [-0.1, -0.05) is 36.4 Å². The van der Waals surface area contributed by atoms with Gasteiger partial charge in [-0.25, -0.2) is 8.42 Å². The molecule has 5 heteroatoms. The van der Waals surface area contributed by atoms with Crippen LogP contribution in [0.1, 0.15) is 0 Å². The highest BCUT2D eigenvalue weighted by atomic mass is 32.2. The highest BCUT2D eigenvalue weighted by Gasteiger charge is 2.24. The van der Waals surface area contributed by atoms with Crippen molar-refractivity contribution in [2.24, 2.45) is 0 Å². The van der Waals surface area contributed by atoms with Crippen molar-refractivity contribution >= 4 is 26.5 Å². The molecule has 0 aliphatic carbocycles. The summed E-state index contributed by atoms with van der Waals surface area (Å²) >= 11 is 0. The van der Waals surface area contributed by atoms with Gasteiger partial charge >= 0.3 is 0 Å². The Labute approximate surface area is 148 Å². The Bertz CT molecular complexity index is 995. The molecule has 0 N–H and O–H groups in total. The average Bonchev–Trinajstić information content (AvgIpc) is 2.65. The lowest BCUT2D eigenvalue weighted by atomic mass is 10.1. The standard InChI is InChI=1S/C20H19NO3S/c1-3-14-21(18-9-11-19(24-2)12-10-18)25(22,23)20-13-8-16-6-4-5-7-17(16)15-20/h3-13,15H,1,14H2,2H3. The average molecular weight is 353 g/mol. The topological polar surface area (TPSA) is 46.6 Å². The number of hydrogen-bond donors (Lipinski definition) is 0. The molecule has 3 rings (SSSR count). The Balaban J connectivity index is 2.07. The number of anilines is 1. The third kappa shape index (κ3) is 3.37. The molecule has 0 bridgehead atoms. The van der Waals surface area contributed by atoms with Crippen LogP contribution in [0.5, 0.6) is 5.75 Å². The second-order valence-electron chi connectivity index (χ2n) is 5.53. The van der Waals surface area contributed by atoms with Gasteiger partial charge < -0.3 is 4.74 Å². The van der Waals surface area contributed by atoms with Gasteiger partial charge in [0.15, 0.2) is 0 Å². The van der Waals surface area contributed by atoms with E-state index in [2.05, 4.69) is 6.58 Å². The maximum atomic E-state index is 13.2. The molecule has 0 heterocycles. The fourth-order valence-electron chi connectivity index (χ4n) is 2.66. The first-order chi connectivity index (χ1) is 12.1. The van der Waals surface area contributed by atoms with Gasteiger partial charge in [-0.2, -0.15) is 0 Å². The molecule has 25 heavy (non-hydrogen) atoms. The maximum absolute atomic E-state index is 13.2. The predicted octanol–water partition coefficient (Wildman–Crippen LogP) is 4.23. The second kappa shape index (κ2) is 6.99. The highest BCUT2D eigenvalue weighted by molar-refractivity contribution is 7.92. The van der Waals surface area contributed by atoms with Crippen molar-refractivity contribution in [2.75, 3.05) is 18.0 Å². The molecule has 3 aromatic carbocycles. The van der Waals surface area contributed by atoms with Crippen molar-refractivity contribution in [1.29, 1.82) is 0 Å². The Kier molecular flexibility index (Phi) is 4.76. The van der Waals surface area contributed by atoms with Crippen molar-refractivity contribution in [2.45, 2.75) is 4.90 Å². The first-order valence-corrected chi connectivity index (χ1v) is 9.27. The van der Waals surface area contributed by atoms with E-state index in [1.807, 2.05) is 30.3 Å². The van der Waals surface area contributed by atoms with E-state index in [-0.39, 0.29) is 11.4 Å². The molecule has 0 radical (unpaired) electrons. The number of ether oxygens (including phenoxy) is 1. The van der Waals surface area contributed by atoms with E-state index in [0.717, 1.165) is 10.8 Å². The minimum atomic E-state index is -3.71. The summed E-state index contributed by atoms with van der Waals surface area (Å²) in [5.41, 5.74) is 0.564. The quantitative estimate of drug-likeness (QED) is 0.623. The number of rotatable bonds is 6. The van der Waals surface area contributed by atoms with Crippen molar-refractivity contribution < 1.29 is 13.2 Å². The summed E-state index contributed by atoms with van der Waals surface area (Å²) in [5, 5.41) is 1.89. The Morgan fingerprint density at radius 3 is 2.32 bits per heavy atom. The van der Waals surface area contributed by atoms with Crippen LogP contribution in [-0.4, -0.2) is 22.1 Å². The van der Waals surface area contributed by atoms with Crippen LogP contribution in [0.3, 0.4) is 0 Å². The van der Waals surface area contributed by atoms with Gasteiger partial charge in [0.1, 0.15) is 5.75 Å². The van der Waals surface area contributed by atoms with E-state index >= 15 is 0 Å². The normalized spacial score (nSPS) is 11.2. The molecular formula is C20H19NO3S. The summed E-state index contributed by atoms with van der Waals surface area (Å²) in [6.45, 7) is 3.87. The predicted molar refractivity (Wildman–Crippen MR) is 102 cm³/mol. The van der Waals surface area contributed by atoms with E-state index in [1.54, 1.807) is 49.6 Å². The summed E-state index contributed by atoms with van der Waals surface area (Å²) in [5.74, 6) is 0.672. The zero-order chi connectivity index (χ0) is 17.9. The molecule has 0 unspecified atom stereocenters. The number of sulfonamides is 1. The number of benzene rings is 3. The Morgan fingerprint density at radius 1 is 1.00 bits per heavy atom.